The Labute approximate surface area is 227 Å². The van der Waals surface area contributed by atoms with Gasteiger partial charge in [0.2, 0.25) is 0 Å². The molecular formula is C28H24ClF4N3O3. The summed E-state index contributed by atoms with van der Waals surface area (Å²) in [5.74, 6) is -0.749. The van der Waals surface area contributed by atoms with Crippen LogP contribution >= 0.6 is 11.6 Å². The van der Waals surface area contributed by atoms with Crippen LogP contribution in [0.5, 0.6) is 11.5 Å². The lowest BCUT2D eigenvalue weighted by Gasteiger charge is -2.22. The number of pyridine rings is 2. The Morgan fingerprint density at radius 1 is 0.846 bits per heavy atom. The van der Waals surface area contributed by atoms with Gasteiger partial charge in [0.1, 0.15) is 5.82 Å². The first-order valence-corrected chi connectivity index (χ1v) is 12.2. The Morgan fingerprint density at radius 3 is 2.10 bits per heavy atom. The van der Waals surface area contributed by atoms with Crippen LogP contribution in [0.15, 0.2) is 85.3 Å². The Balaban J connectivity index is 1.65. The highest BCUT2D eigenvalue weighted by atomic mass is 35.5. The van der Waals surface area contributed by atoms with Crippen molar-refractivity contribution in [1.82, 2.24) is 4.98 Å². The molecule has 0 N–H and O–H groups in total. The molecule has 6 nitrogen and oxygen atoms in total. The molecule has 0 fully saturated rings. The van der Waals surface area contributed by atoms with Crippen LogP contribution < -0.4 is 19.1 Å². The maximum atomic E-state index is 13.1. The zero-order valence-corrected chi connectivity index (χ0v) is 21.4. The molecule has 0 saturated heterocycles. The molecule has 0 radical (unpaired) electrons. The fourth-order valence-electron chi connectivity index (χ4n) is 4.14. The van der Waals surface area contributed by atoms with E-state index in [0.717, 1.165) is 16.7 Å². The third-order valence-electron chi connectivity index (χ3n) is 6.01. The highest BCUT2D eigenvalue weighted by Gasteiger charge is 2.21. The van der Waals surface area contributed by atoms with E-state index in [0.29, 0.717) is 34.1 Å². The molecule has 0 aliphatic rings. The van der Waals surface area contributed by atoms with Gasteiger partial charge in [-0.1, -0.05) is 35.9 Å². The molecule has 0 aliphatic heterocycles. The highest BCUT2D eigenvalue weighted by Crippen LogP contribution is 2.37. The quantitative estimate of drug-likeness (QED) is 0.118. The Kier molecular flexibility index (Phi) is 9.08. The molecule has 0 amide bonds. The van der Waals surface area contributed by atoms with Gasteiger partial charge in [-0.3, -0.25) is 0 Å². The van der Waals surface area contributed by atoms with Gasteiger partial charge in [0.25, 0.3) is 0 Å². The predicted molar refractivity (Wildman–Crippen MR) is 138 cm³/mol. The second-order valence-electron chi connectivity index (χ2n) is 8.72. The molecular weight excluding hydrogens is 538 g/mol. The molecule has 0 spiro atoms. The molecule has 1 atom stereocenters. The maximum Gasteiger partial charge on any atom is 0.387 e. The third-order valence-corrected chi connectivity index (χ3v) is 6.26. The normalized spacial score (nSPS) is 12.0. The summed E-state index contributed by atoms with van der Waals surface area (Å²) in [4.78, 5) is 6.55. The number of hydrogen-bond donors (Lipinski definition) is 0. The van der Waals surface area contributed by atoms with Gasteiger partial charge in [0.15, 0.2) is 23.9 Å². The van der Waals surface area contributed by atoms with E-state index in [2.05, 4.69) is 14.5 Å². The fraction of sp³-hybridized carbons (Fsp3) is 0.214. The number of hydrogen-bond acceptors (Lipinski definition) is 5. The first-order chi connectivity index (χ1) is 18.7. The summed E-state index contributed by atoms with van der Waals surface area (Å²) in [5.41, 5.74) is 3.08. The van der Waals surface area contributed by atoms with Gasteiger partial charge < -0.3 is 19.6 Å². The minimum Gasteiger partial charge on any atom is -0.619 e. The van der Waals surface area contributed by atoms with Crippen LogP contribution in [0.25, 0.3) is 0 Å². The molecule has 11 heteroatoms. The summed E-state index contributed by atoms with van der Waals surface area (Å²) in [6.45, 7) is -5.86. The van der Waals surface area contributed by atoms with E-state index in [-0.39, 0.29) is 0 Å². The number of halogens is 5. The molecule has 1 unspecified atom stereocenters. The van der Waals surface area contributed by atoms with Crippen molar-refractivity contribution in [3.05, 3.63) is 118 Å². The van der Waals surface area contributed by atoms with Crippen molar-refractivity contribution in [2.75, 3.05) is 11.9 Å². The minimum absolute atomic E-state index is 0.367. The van der Waals surface area contributed by atoms with Gasteiger partial charge in [-0.15, -0.1) is 0 Å². The first kappa shape index (κ1) is 28.0. The number of nitrogens with zero attached hydrogens (tertiary/aromatic N) is 3. The summed E-state index contributed by atoms with van der Waals surface area (Å²) < 4.78 is 61.3. The smallest absolute Gasteiger partial charge is 0.387 e. The van der Waals surface area contributed by atoms with Crippen LogP contribution in [0, 0.1) is 5.21 Å². The number of anilines is 1. The number of alkyl halides is 4. The fourth-order valence-corrected chi connectivity index (χ4v) is 4.27. The summed E-state index contributed by atoms with van der Waals surface area (Å²) >= 11 is 5.97. The highest BCUT2D eigenvalue weighted by molar-refractivity contribution is 6.30. The van der Waals surface area contributed by atoms with Crippen LogP contribution in [0.3, 0.4) is 0 Å². The molecule has 2 aromatic carbocycles. The van der Waals surface area contributed by atoms with Crippen LogP contribution in [-0.2, 0) is 13.0 Å². The Hall–Kier alpha value is -4.05. The molecule has 0 aliphatic carbocycles. The van der Waals surface area contributed by atoms with E-state index in [1.165, 1.54) is 30.6 Å². The molecule has 0 saturated carbocycles. The van der Waals surface area contributed by atoms with Crippen LogP contribution in [0.4, 0.5) is 23.4 Å². The first-order valence-electron chi connectivity index (χ1n) is 11.8. The standard InChI is InChI=1S/C28H24ClF4N3O3/c1-35(17-19-2-6-22(29)7-3-19)26-9-5-21(16-34-26)23(14-18-10-12-36(37)13-11-18)20-4-8-24(38-27(30)31)25(15-20)39-28(32)33/h2-13,15-16,23,27-28H,14,17H2,1H3. The second kappa shape index (κ2) is 12.7. The SMILES string of the molecule is CN(Cc1ccc(Cl)cc1)c1ccc(C(Cc2cc[n+]([O-])cc2)c2ccc(OC(F)F)c(OC(F)F)c2)cn1. The van der Waals surface area contributed by atoms with Gasteiger partial charge in [0.05, 0.1) is 0 Å². The van der Waals surface area contributed by atoms with Crippen LogP contribution in [0.1, 0.15) is 28.2 Å². The van der Waals surface area contributed by atoms with Crippen LogP contribution in [-0.4, -0.2) is 25.3 Å². The van der Waals surface area contributed by atoms with Gasteiger partial charge in [0, 0.05) is 42.9 Å². The van der Waals surface area contributed by atoms with E-state index < -0.39 is 30.6 Å². The van der Waals surface area contributed by atoms with Crippen molar-refractivity contribution in [1.29, 1.82) is 0 Å². The van der Waals surface area contributed by atoms with Crippen LogP contribution in [0.2, 0.25) is 5.02 Å². The van der Waals surface area contributed by atoms with E-state index in [1.807, 2.05) is 48.3 Å². The summed E-state index contributed by atoms with van der Waals surface area (Å²) in [6.07, 6.45) is 4.74. The van der Waals surface area contributed by atoms with Gasteiger partial charge in [-0.2, -0.15) is 22.3 Å². The van der Waals surface area contributed by atoms with E-state index in [4.69, 9.17) is 11.6 Å². The van der Waals surface area contributed by atoms with Crippen molar-refractivity contribution >= 4 is 17.4 Å². The monoisotopic (exact) mass is 561 g/mol. The topological polar surface area (TPSA) is 61.5 Å². The molecule has 2 aromatic heterocycles. The molecule has 4 rings (SSSR count). The Bertz CT molecular complexity index is 1360. The summed E-state index contributed by atoms with van der Waals surface area (Å²) in [6, 6.07) is 18.4. The van der Waals surface area contributed by atoms with Crippen molar-refractivity contribution in [2.24, 2.45) is 0 Å². The summed E-state index contributed by atoms with van der Waals surface area (Å²) in [7, 11) is 1.89. The molecule has 4 aromatic rings. The zero-order chi connectivity index (χ0) is 27.9. The predicted octanol–water partition coefficient (Wildman–Crippen LogP) is 6.58. The average molecular weight is 562 g/mol. The van der Waals surface area contributed by atoms with Gasteiger partial charge in [-0.05, 0) is 59.0 Å². The summed E-state index contributed by atoms with van der Waals surface area (Å²) in [5, 5.41) is 12.1. The average Bonchev–Trinajstić information content (AvgIpc) is 2.90. The van der Waals surface area contributed by atoms with Crippen molar-refractivity contribution < 1.29 is 31.8 Å². The molecule has 0 bridgehead atoms. The second-order valence-corrected chi connectivity index (χ2v) is 9.15. The van der Waals surface area contributed by atoms with Crippen molar-refractivity contribution in [3.63, 3.8) is 0 Å². The molecule has 2 heterocycles. The van der Waals surface area contributed by atoms with Gasteiger partial charge >= 0.3 is 13.2 Å². The van der Waals surface area contributed by atoms with E-state index in [9.17, 15) is 22.8 Å². The minimum atomic E-state index is -3.24. The van der Waals surface area contributed by atoms with Crippen molar-refractivity contribution in [3.8, 4) is 11.5 Å². The number of aromatic nitrogens is 2. The zero-order valence-electron chi connectivity index (χ0n) is 20.7. The van der Waals surface area contributed by atoms with Gasteiger partial charge in [-0.25, -0.2) is 4.98 Å². The lowest BCUT2D eigenvalue weighted by molar-refractivity contribution is -0.605. The maximum absolute atomic E-state index is 13.1. The van der Waals surface area contributed by atoms with E-state index >= 15 is 0 Å². The lowest BCUT2D eigenvalue weighted by Crippen LogP contribution is -2.24. The lowest BCUT2D eigenvalue weighted by atomic mass is 9.86. The number of rotatable bonds is 11. The van der Waals surface area contributed by atoms with Crippen molar-refractivity contribution in [2.45, 2.75) is 32.1 Å². The largest absolute Gasteiger partial charge is 0.619 e. The third kappa shape index (κ3) is 7.73. The number of benzene rings is 2. The molecule has 39 heavy (non-hydrogen) atoms. The van der Waals surface area contributed by atoms with E-state index in [1.54, 1.807) is 18.3 Å². The number of ether oxygens (including phenoxy) is 2. The molecule has 204 valence electrons. The Morgan fingerprint density at radius 2 is 1.49 bits per heavy atom.